The van der Waals surface area contributed by atoms with Crippen LogP contribution in [0.15, 0.2) is 12.5 Å². The second kappa shape index (κ2) is 9.76. The van der Waals surface area contributed by atoms with Crippen molar-refractivity contribution in [2.24, 2.45) is 0 Å². The molecule has 1 aromatic heterocycles. The van der Waals surface area contributed by atoms with Crippen molar-refractivity contribution in [3.05, 3.63) is 18.2 Å². The van der Waals surface area contributed by atoms with Gasteiger partial charge in [0.05, 0.1) is 6.33 Å². The van der Waals surface area contributed by atoms with E-state index in [1.807, 2.05) is 0 Å². The summed E-state index contributed by atoms with van der Waals surface area (Å²) in [4.78, 5) is 29.4. The highest BCUT2D eigenvalue weighted by Crippen LogP contribution is 1.99. The van der Waals surface area contributed by atoms with E-state index < -0.39 is 18.0 Å². The van der Waals surface area contributed by atoms with Crippen LogP contribution in [0, 0.1) is 0 Å². The Hall–Kier alpha value is -2.09. The Morgan fingerprint density at radius 1 is 1.43 bits per heavy atom. The van der Waals surface area contributed by atoms with Gasteiger partial charge in [-0.1, -0.05) is 0 Å². The van der Waals surface area contributed by atoms with Gasteiger partial charge in [0.15, 0.2) is 0 Å². The van der Waals surface area contributed by atoms with Crippen LogP contribution >= 0.6 is 0 Å². The molecule has 118 valence electrons. The monoisotopic (exact) mass is 298 g/mol. The number of aliphatic carboxylic acids is 1. The molecule has 0 spiro atoms. The van der Waals surface area contributed by atoms with E-state index >= 15 is 0 Å². The molecule has 21 heavy (non-hydrogen) atoms. The van der Waals surface area contributed by atoms with Crippen LogP contribution in [0.5, 0.6) is 0 Å². The van der Waals surface area contributed by atoms with Crippen LogP contribution in [0.2, 0.25) is 0 Å². The summed E-state index contributed by atoms with van der Waals surface area (Å²) in [6, 6.07) is -1.47. The molecule has 2 amide bonds. The second-order valence-corrected chi connectivity index (χ2v) is 4.63. The molecule has 0 unspecified atom stereocenters. The first kappa shape index (κ1) is 17.0. The third-order valence-electron chi connectivity index (χ3n) is 2.89. The second-order valence-electron chi connectivity index (χ2n) is 4.63. The Balaban J connectivity index is 2.24. The Bertz CT molecular complexity index is 422. The summed E-state index contributed by atoms with van der Waals surface area (Å²) in [5.41, 5.74) is 0.655. The molecule has 1 atom stereocenters. The lowest BCUT2D eigenvalue weighted by Crippen LogP contribution is -2.47. The summed E-state index contributed by atoms with van der Waals surface area (Å²) in [6.45, 7) is 1.21. The largest absolute Gasteiger partial charge is 0.480 e. The number of nitrogens with zero attached hydrogens (tertiary/aromatic N) is 1. The van der Waals surface area contributed by atoms with Gasteiger partial charge in [0, 0.05) is 38.6 Å². The summed E-state index contributed by atoms with van der Waals surface area (Å²) in [5.74, 6) is -1.08. The van der Waals surface area contributed by atoms with Crippen LogP contribution in [0.3, 0.4) is 0 Å². The predicted octanol–water partition coefficient (Wildman–Crippen LogP) is 0.521. The number of hydrogen-bond acceptors (Lipinski definition) is 4. The lowest BCUT2D eigenvalue weighted by Gasteiger charge is -2.14. The Labute approximate surface area is 123 Å². The number of carbonyl (C=O) groups excluding carboxylic acids is 1. The molecular formula is C13H22N4O4. The van der Waals surface area contributed by atoms with E-state index in [4.69, 9.17) is 9.84 Å². The maximum absolute atomic E-state index is 11.6. The highest BCUT2D eigenvalue weighted by Gasteiger charge is 2.20. The molecule has 1 aromatic rings. The van der Waals surface area contributed by atoms with Gasteiger partial charge in [-0.05, 0) is 19.3 Å². The molecule has 0 fully saturated rings. The average Bonchev–Trinajstić information content (AvgIpc) is 2.95. The molecule has 0 saturated carbocycles. The minimum atomic E-state index is -1.08. The van der Waals surface area contributed by atoms with Gasteiger partial charge in [0.2, 0.25) is 0 Å². The molecule has 0 aromatic carbocycles. The number of ether oxygens (including phenoxy) is 1. The number of carboxylic acids is 1. The fourth-order valence-electron chi connectivity index (χ4n) is 1.78. The van der Waals surface area contributed by atoms with Crippen molar-refractivity contribution in [2.45, 2.75) is 31.7 Å². The number of H-pyrrole nitrogens is 1. The number of aromatic amines is 1. The molecular weight excluding hydrogens is 276 g/mol. The van der Waals surface area contributed by atoms with Crippen LogP contribution in [-0.2, 0) is 16.0 Å². The Kier molecular flexibility index (Phi) is 7.88. The average molecular weight is 298 g/mol. The predicted molar refractivity (Wildman–Crippen MR) is 76.0 cm³/mol. The molecule has 8 nitrogen and oxygen atoms in total. The van der Waals surface area contributed by atoms with Crippen molar-refractivity contribution in [2.75, 3.05) is 20.3 Å². The zero-order chi connectivity index (χ0) is 15.5. The van der Waals surface area contributed by atoms with E-state index in [-0.39, 0.29) is 6.42 Å². The molecule has 0 aliphatic heterocycles. The highest BCUT2D eigenvalue weighted by molar-refractivity contribution is 5.82. The number of rotatable bonds is 10. The van der Waals surface area contributed by atoms with E-state index in [1.54, 1.807) is 7.11 Å². The summed E-state index contributed by atoms with van der Waals surface area (Å²) in [5, 5.41) is 14.2. The first-order chi connectivity index (χ1) is 10.1. The van der Waals surface area contributed by atoms with Crippen LogP contribution in [0.1, 0.15) is 25.0 Å². The number of carbonyl (C=O) groups is 2. The van der Waals surface area contributed by atoms with Crippen molar-refractivity contribution in [1.82, 2.24) is 20.6 Å². The van der Waals surface area contributed by atoms with Crippen molar-refractivity contribution in [1.29, 1.82) is 0 Å². The van der Waals surface area contributed by atoms with Gasteiger partial charge >= 0.3 is 12.0 Å². The van der Waals surface area contributed by atoms with Crippen molar-refractivity contribution >= 4 is 12.0 Å². The van der Waals surface area contributed by atoms with Crippen molar-refractivity contribution < 1.29 is 19.4 Å². The van der Waals surface area contributed by atoms with Gasteiger partial charge in [-0.2, -0.15) is 0 Å². The van der Waals surface area contributed by atoms with Crippen molar-refractivity contribution in [3.63, 3.8) is 0 Å². The maximum atomic E-state index is 11.6. The minimum absolute atomic E-state index is 0.163. The number of imidazole rings is 1. The molecule has 4 N–H and O–H groups in total. The number of nitrogens with one attached hydrogen (secondary N) is 3. The van der Waals surface area contributed by atoms with Gasteiger partial charge < -0.3 is 25.5 Å². The van der Waals surface area contributed by atoms with Crippen LogP contribution < -0.4 is 10.6 Å². The van der Waals surface area contributed by atoms with E-state index in [9.17, 15) is 9.59 Å². The molecule has 1 rings (SSSR count). The van der Waals surface area contributed by atoms with E-state index in [0.29, 0.717) is 18.8 Å². The van der Waals surface area contributed by atoms with Gasteiger partial charge in [-0.15, -0.1) is 0 Å². The molecule has 0 bridgehead atoms. The smallest absolute Gasteiger partial charge is 0.326 e. The summed E-state index contributed by atoms with van der Waals surface area (Å²) < 4.78 is 4.93. The fraction of sp³-hybridized carbons (Fsp3) is 0.615. The number of urea groups is 1. The number of methoxy groups -OCH3 is 1. The fourth-order valence-corrected chi connectivity index (χ4v) is 1.78. The normalized spacial score (nSPS) is 11.9. The van der Waals surface area contributed by atoms with Crippen LogP contribution in [-0.4, -0.2) is 53.4 Å². The minimum Gasteiger partial charge on any atom is -0.480 e. The number of aromatic nitrogens is 2. The van der Waals surface area contributed by atoms with E-state index in [1.165, 1.54) is 12.5 Å². The molecule has 0 saturated heterocycles. The highest BCUT2D eigenvalue weighted by atomic mass is 16.5. The third kappa shape index (κ3) is 7.31. The number of carboxylic acid groups (broad SMARTS) is 1. The molecule has 0 aliphatic carbocycles. The summed E-state index contributed by atoms with van der Waals surface area (Å²) >= 11 is 0. The number of amides is 2. The third-order valence-corrected chi connectivity index (χ3v) is 2.89. The van der Waals surface area contributed by atoms with E-state index in [2.05, 4.69) is 20.6 Å². The quantitative estimate of drug-likeness (QED) is 0.470. The van der Waals surface area contributed by atoms with Crippen LogP contribution in [0.25, 0.3) is 0 Å². The SMILES string of the molecule is COCCCCCNC(=O)N[C@H](Cc1cnc[nH]1)C(=O)O. The first-order valence-corrected chi connectivity index (χ1v) is 6.87. The topological polar surface area (TPSA) is 116 Å². The van der Waals surface area contributed by atoms with Gasteiger partial charge in [0.1, 0.15) is 6.04 Å². The zero-order valence-electron chi connectivity index (χ0n) is 12.1. The maximum Gasteiger partial charge on any atom is 0.326 e. The van der Waals surface area contributed by atoms with Gasteiger partial charge in [-0.25, -0.2) is 14.6 Å². The number of unbranched alkanes of at least 4 members (excludes halogenated alkanes) is 2. The Morgan fingerprint density at radius 3 is 2.86 bits per heavy atom. The molecule has 0 aliphatic rings. The first-order valence-electron chi connectivity index (χ1n) is 6.87. The van der Waals surface area contributed by atoms with Crippen LogP contribution in [0.4, 0.5) is 4.79 Å². The zero-order valence-corrected chi connectivity index (χ0v) is 12.1. The van der Waals surface area contributed by atoms with E-state index in [0.717, 1.165) is 19.3 Å². The molecule has 8 heteroatoms. The van der Waals surface area contributed by atoms with Gasteiger partial charge in [-0.3, -0.25) is 0 Å². The van der Waals surface area contributed by atoms with Gasteiger partial charge in [0.25, 0.3) is 0 Å². The lowest BCUT2D eigenvalue weighted by molar-refractivity contribution is -0.139. The molecule has 1 heterocycles. The van der Waals surface area contributed by atoms with Crippen molar-refractivity contribution in [3.8, 4) is 0 Å². The summed E-state index contributed by atoms with van der Waals surface area (Å²) in [7, 11) is 1.65. The molecule has 0 radical (unpaired) electrons. The summed E-state index contributed by atoms with van der Waals surface area (Å²) in [6.07, 6.45) is 5.88. The Morgan fingerprint density at radius 2 is 2.24 bits per heavy atom. The number of hydrogen-bond donors (Lipinski definition) is 4. The standard InChI is InChI=1S/C13H22N4O4/c1-21-6-4-2-3-5-15-13(20)17-11(12(18)19)7-10-8-14-9-16-10/h8-9,11H,2-7H2,1H3,(H,14,16)(H,18,19)(H2,15,17,20)/t11-/m1/s1. The lowest BCUT2D eigenvalue weighted by atomic mass is 10.2.